The van der Waals surface area contributed by atoms with Crippen LogP contribution in [0.25, 0.3) is 11.1 Å². The number of likely N-dealkylation sites (N-methyl/N-ethyl adjacent to an activating group) is 1. The average molecular weight is 531 g/mol. The van der Waals surface area contributed by atoms with Crippen LogP contribution in [0.5, 0.6) is 0 Å². The van der Waals surface area contributed by atoms with Crippen LogP contribution in [0.1, 0.15) is 39.0 Å². The maximum Gasteiger partial charge on any atom is 0.335 e. The van der Waals surface area contributed by atoms with Gasteiger partial charge in [-0.3, -0.25) is 4.79 Å². The van der Waals surface area contributed by atoms with Crippen LogP contribution in [0.2, 0.25) is 0 Å². The van der Waals surface area contributed by atoms with Crippen molar-refractivity contribution in [2.45, 2.75) is 23.6 Å². The number of carbonyl (C=O) groups excluding carboxylic acids is 1. The molecule has 2 N–H and O–H groups in total. The Hall–Kier alpha value is -4.38. The Morgan fingerprint density at radius 2 is 1.79 bits per heavy atom. The molecule has 2 aromatic carbocycles. The summed E-state index contributed by atoms with van der Waals surface area (Å²) in [5.74, 6) is -1.01. The van der Waals surface area contributed by atoms with E-state index in [1.165, 1.54) is 29.8 Å². The number of nitrogens with zero attached hydrogens (tertiary/aromatic N) is 4. The van der Waals surface area contributed by atoms with Gasteiger partial charge in [-0.1, -0.05) is 36.4 Å². The van der Waals surface area contributed by atoms with Crippen molar-refractivity contribution in [3.05, 3.63) is 76.3 Å². The van der Waals surface area contributed by atoms with E-state index < -0.39 is 11.9 Å². The second-order valence-corrected chi connectivity index (χ2v) is 9.30. The van der Waals surface area contributed by atoms with Gasteiger partial charge >= 0.3 is 11.9 Å². The minimum absolute atomic E-state index is 0.0785. The van der Waals surface area contributed by atoms with Crippen LogP contribution in [-0.2, 0) is 21.7 Å². The molecular formula is C28H26N4O5S. The normalized spacial score (nSPS) is 10.3. The minimum Gasteiger partial charge on any atom is -0.478 e. The molecule has 0 radical (unpaired) electrons. The number of carboxylic acid groups (broad SMARTS) is 1. The zero-order valence-electron chi connectivity index (χ0n) is 21.0. The molecule has 3 rings (SSSR count). The molecule has 0 saturated carbocycles. The number of carbonyl (C=O) groups is 2. The van der Waals surface area contributed by atoms with Crippen LogP contribution in [0.15, 0.2) is 53.6 Å². The summed E-state index contributed by atoms with van der Waals surface area (Å²) in [5.41, 5.74) is 3.27. The number of nitriles is 2. The lowest BCUT2D eigenvalue weighted by atomic mass is 9.95. The molecule has 9 nitrogen and oxygen atoms in total. The molecule has 1 heterocycles. The summed E-state index contributed by atoms with van der Waals surface area (Å²) in [4.78, 5) is 29.5. The molecule has 1 aromatic heterocycles. The number of aliphatic hydroxyl groups is 1. The third-order valence-electron chi connectivity index (χ3n) is 5.74. The Morgan fingerprint density at radius 1 is 1.08 bits per heavy atom. The van der Waals surface area contributed by atoms with Crippen LogP contribution in [0.4, 0.5) is 5.82 Å². The predicted molar refractivity (Wildman–Crippen MR) is 143 cm³/mol. The lowest BCUT2D eigenvalue weighted by Crippen LogP contribution is -2.28. The van der Waals surface area contributed by atoms with Gasteiger partial charge < -0.3 is 19.8 Å². The maximum atomic E-state index is 12.0. The van der Waals surface area contributed by atoms with E-state index in [0.717, 1.165) is 11.1 Å². The van der Waals surface area contributed by atoms with Crippen molar-refractivity contribution in [1.82, 2.24) is 4.98 Å². The highest BCUT2D eigenvalue weighted by Gasteiger charge is 2.24. The fraction of sp³-hybridized carbons (Fsp3) is 0.250. The summed E-state index contributed by atoms with van der Waals surface area (Å²) in [6.07, 6.45) is 1.31. The summed E-state index contributed by atoms with van der Waals surface area (Å²) >= 11 is 1.24. The highest BCUT2D eigenvalue weighted by molar-refractivity contribution is 7.98. The molecule has 0 unspecified atom stereocenters. The molecule has 0 aliphatic heterocycles. The van der Waals surface area contributed by atoms with Crippen molar-refractivity contribution in [3.8, 4) is 23.3 Å². The third kappa shape index (κ3) is 6.68. The molecule has 3 aromatic rings. The van der Waals surface area contributed by atoms with E-state index in [-0.39, 0.29) is 35.7 Å². The number of hydrogen-bond donors (Lipinski definition) is 2. The fourth-order valence-corrected chi connectivity index (χ4v) is 4.76. The first-order valence-electron chi connectivity index (χ1n) is 11.6. The largest absolute Gasteiger partial charge is 0.478 e. The number of ether oxygens (including phenoxy) is 1. The van der Waals surface area contributed by atoms with Crippen molar-refractivity contribution in [1.29, 1.82) is 10.5 Å². The maximum absolute atomic E-state index is 12.0. The number of aromatic carboxylic acids is 1. The van der Waals surface area contributed by atoms with Gasteiger partial charge in [-0.05, 0) is 41.7 Å². The van der Waals surface area contributed by atoms with Crippen molar-refractivity contribution in [3.63, 3.8) is 0 Å². The van der Waals surface area contributed by atoms with E-state index in [2.05, 4.69) is 17.1 Å². The topological polar surface area (TPSA) is 148 Å². The van der Waals surface area contributed by atoms with Gasteiger partial charge in [0.2, 0.25) is 0 Å². The Labute approximate surface area is 224 Å². The first kappa shape index (κ1) is 28.2. The summed E-state index contributed by atoms with van der Waals surface area (Å²) in [7, 11) is 2.88. The molecule has 0 atom stereocenters. The number of anilines is 1. The van der Waals surface area contributed by atoms with Crippen LogP contribution in [0, 0.1) is 22.7 Å². The van der Waals surface area contributed by atoms with Gasteiger partial charge in [-0.2, -0.15) is 10.5 Å². The molecule has 0 fully saturated rings. The highest BCUT2D eigenvalue weighted by Crippen LogP contribution is 2.38. The summed E-state index contributed by atoms with van der Waals surface area (Å²) in [6.45, 7) is -0.0799. The Balaban J connectivity index is 2.14. The summed E-state index contributed by atoms with van der Waals surface area (Å²) in [6, 6.07) is 18.3. The lowest BCUT2D eigenvalue weighted by Gasteiger charge is -2.22. The summed E-state index contributed by atoms with van der Waals surface area (Å²) < 4.78 is 4.77. The minimum atomic E-state index is -1.04. The molecule has 194 valence electrons. The second-order valence-electron chi connectivity index (χ2n) is 8.34. The molecule has 10 heteroatoms. The fourth-order valence-electron chi connectivity index (χ4n) is 3.83. The van der Waals surface area contributed by atoms with Crippen LogP contribution in [-0.4, -0.2) is 54.4 Å². The lowest BCUT2D eigenvalue weighted by molar-refractivity contribution is -0.138. The monoisotopic (exact) mass is 530 g/mol. The number of esters is 1. The van der Waals surface area contributed by atoms with E-state index in [9.17, 15) is 25.2 Å². The summed E-state index contributed by atoms with van der Waals surface area (Å²) in [5, 5.41) is 39.1. The van der Waals surface area contributed by atoms with Gasteiger partial charge in [0.25, 0.3) is 0 Å². The van der Waals surface area contributed by atoms with Gasteiger partial charge in [-0.15, -0.1) is 11.8 Å². The Kier molecular flexibility index (Phi) is 9.83. The van der Waals surface area contributed by atoms with E-state index in [4.69, 9.17) is 9.84 Å². The molecule has 0 amide bonds. The number of hydrogen-bond acceptors (Lipinski definition) is 9. The number of aryl methyl sites for hydroxylation is 1. The Morgan fingerprint density at radius 3 is 2.39 bits per heavy atom. The van der Waals surface area contributed by atoms with Crippen LogP contribution in [0.3, 0.4) is 0 Å². The van der Waals surface area contributed by atoms with E-state index in [0.29, 0.717) is 34.7 Å². The van der Waals surface area contributed by atoms with Crippen molar-refractivity contribution >= 4 is 29.5 Å². The van der Waals surface area contributed by atoms with E-state index in [1.54, 1.807) is 25.2 Å². The average Bonchev–Trinajstić information content (AvgIpc) is 2.94. The van der Waals surface area contributed by atoms with Gasteiger partial charge in [0.15, 0.2) is 0 Å². The number of pyridine rings is 1. The quantitative estimate of drug-likeness (QED) is 0.275. The molecule has 0 bridgehead atoms. The molecule has 0 aliphatic rings. The van der Waals surface area contributed by atoms with Gasteiger partial charge in [0.05, 0.1) is 18.2 Å². The first-order valence-corrected chi connectivity index (χ1v) is 12.6. The second kappa shape index (κ2) is 13.2. The van der Waals surface area contributed by atoms with Gasteiger partial charge in [-0.25, -0.2) is 9.78 Å². The van der Waals surface area contributed by atoms with Crippen molar-refractivity contribution in [2.75, 3.05) is 32.2 Å². The zero-order valence-corrected chi connectivity index (χ0v) is 21.8. The molecule has 0 saturated heterocycles. The molecule has 0 spiro atoms. The van der Waals surface area contributed by atoms with Gasteiger partial charge in [0, 0.05) is 25.0 Å². The molecule has 38 heavy (non-hydrogen) atoms. The Bertz CT molecular complexity index is 1410. The number of carboxylic acids is 1. The number of methoxy groups -OCH3 is 1. The van der Waals surface area contributed by atoms with Crippen molar-refractivity contribution < 1.29 is 24.5 Å². The van der Waals surface area contributed by atoms with E-state index >= 15 is 0 Å². The van der Waals surface area contributed by atoms with Crippen molar-refractivity contribution in [2.24, 2.45) is 0 Å². The number of rotatable bonds is 11. The number of aliphatic hydroxyl groups excluding tert-OH is 1. The standard InChI is InChI=1S/C28H26N4O5S/c1-32(16-24(34)37-2)26-22(14-29)25(20-10-8-18(9-11-20)6-4-12-33)23(15-30)27(31-26)38-17-19-5-3-7-21(13-19)28(35)36/h3,5,7-11,13,33H,4,6,12,16-17H2,1-2H3,(H,35,36). The highest BCUT2D eigenvalue weighted by atomic mass is 32.2. The molecular weight excluding hydrogens is 504 g/mol. The number of thioether (sulfide) groups is 1. The SMILES string of the molecule is COC(=O)CN(C)c1nc(SCc2cccc(C(=O)O)c2)c(C#N)c(-c2ccc(CCCO)cc2)c1C#N. The third-order valence-corrected chi connectivity index (χ3v) is 6.79. The first-order chi connectivity index (χ1) is 18.3. The van der Waals surface area contributed by atoms with E-state index in [1.807, 2.05) is 24.3 Å². The predicted octanol–water partition coefficient (Wildman–Crippen LogP) is 4.02. The number of benzene rings is 2. The zero-order chi connectivity index (χ0) is 27.7. The van der Waals surface area contributed by atoms with Gasteiger partial charge in [0.1, 0.15) is 35.1 Å². The van der Waals surface area contributed by atoms with Crippen LogP contribution < -0.4 is 4.90 Å². The molecule has 0 aliphatic carbocycles. The number of aromatic nitrogens is 1. The smallest absolute Gasteiger partial charge is 0.335 e. The van der Waals surface area contributed by atoms with Crippen LogP contribution >= 0.6 is 11.8 Å².